The van der Waals surface area contributed by atoms with Crippen LogP contribution in [0.2, 0.25) is 0 Å². The van der Waals surface area contributed by atoms with Gasteiger partial charge in [0.1, 0.15) is 0 Å². The molecule has 0 saturated carbocycles. The zero-order chi connectivity index (χ0) is 12.1. The molecule has 17 heavy (non-hydrogen) atoms. The highest BCUT2D eigenvalue weighted by Crippen LogP contribution is 2.15. The maximum Gasteiger partial charge on any atom is 0.282 e. The molecular formula is C10H9BrN4OS. The smallest absolute Gasteiger partial charge is 0.282 e. The number of aromatic nitrogens is 3. The number of carbonyl (C=O) groups is 1. The van der Waals surface area contributed by atoms with E-state index in [1.165, 1.54) is 11.3 Å². The van der Waals surface area contributed by atoms with Crippen molar-refractivity contribution in [1.29, 1.82) is 0 Å². The molecule has 0 aliphatic heterocycles. The third-order valence-electron chi connectivity index (χ3n) is 1.99. The van der Waals surface area contributed by atoms with E-state index in [1.807, 2.05) is 18.2 Å². The number of amides is 1. The van der Waals surface area contributed by atoms with Crippen LogP contribution in [0.15, 0.2) is 28.3 Å². The van der Waals surface area contributed by atoms with Crippen LogP contribution in [0.25, 0.3) is 0 Å². The number of carbonyl (C=O) groups excluding carboxylic acids is 1. The van der Waals surface area contributed by atoms with Crippen molar-refractivity contribution < 1.29 is 4.79 Å². The highest BCUT2D eigenvalue weighted by molar-refractivity contribution is 9.11. The maximum atomic E-state index is 11.6. The predicted molar refractivity (Wildman–Crippen MR) is 67.9 cm³/mol. The zero-order valence-corrected chi connectivity index (χ0v) is 11.2. The number of pyridine rings is 1. The maximum absolute atomic E-state index is 11.6. The lowest BCUT2D eigenvalue weighted by Crippen LogP contribution is -2.25. The lowest BCUT2D eigenvalue weighted by atomic mass is 10.3. The van der Waals surface area contributed by atoms with Gasteiger partial charge in [0.15, 0.2) is 3.92 Å². The molecule has 1 N–H and O–H groups in total. The van der Waals surface area contributed by atoms with Gasteiger partial charge in [-0.1, -0.05) is 17.4 Å². The summed E-state index contributed by atoms with van der Waals surface area (Å²) in [7, 11) is 0. The first kappa shape index (κ1) is 12.1. The largest absolute Gasteiger partial charge is 0.350 e. The number of hydrogen-bond donors (Lipinski definition) is 1. The van der Waals surface area contributed by atoms with E-state index in [-0.39, 0.29) is 5.91 Å². The van der Waals surface area contributed by atoms with E-state index in [0.717, 1.165) is 5.69 Å². The van der Waals surface area contributed by atoms with Gasteiger partial charge in [-0.25, -0.2) is 0 Å². The number of halogens is 1. The Morgan fingerprint density at radius 1 is 1.41 bits per heavy atom. The minimum atomic E-state index is -0.205. The number of nitrogens with one attached hydrogen (secondary N) is 1. The van der Waals surface area contributed by atoms with Crippen LogP contribution < -0.4 is 5.32 Å². The highest BCUT2D eigenvalue weighted by Gasteiger charge is 2.10. The fourth-order valence-corrected chi connectivity index (χ4v) is 2.25. The van der Waals surface area contributed by atoms with Gasteiger partial charge in [-0.05, 0) is 28.1 Å². The second-order valence-corrected chi connectivity index (χ2v) is 5.44. The Morgan fingerprint density at radius 3 is 2.94 bits per heavy atom. The van der Waals surface area contributed by atoms with Crippen molar-refractivity contribution in [2.75, 3.05) is 6.54 Å². The van der Waals surface area contributed by atoms with Crippen LogP contribution in [0, 0.1) is 0 Å². The molecule has 2 heterocycles. The van der Waals surface area contributed by atoms with Gasteiger partial charge < -0.3 is 5.32 Å². The summed E-state index contributed by atoms with van der Waals surface area (Å²) in [5, 5.41) is 10.6. The highest BCUT2D eigenvalue weighted by atomic mass is 79.9. The van der Waals surface area contributed by atoms with E-state index in [0.29, 0.717) is 21.9 Å². The topological polar surface area (TPSA) is 67.8 Å². The number of hydrogen-bond acceptors (Lipinski definition) is 5. The fraction of sp³-hybridized carbons (Fsp3) is 0.200. The first-order valence-corrected chi connectivity index (χ1v) is 6.54. The second-order valence-electron chi connectivity index (χ2n) is 3.19. The SMILES string of the molecule is O=C(NCCc1ccccn1)c1nnc(Br)s1. The molecule has 0 fully saturated rings. The molecule has 0 unspecified atom stereocenters. The monoisotopic (exact) mass is 312 g/mol. The average molecular weight is 313 g/mol. The van der Waals surface area contributed by atoms with Crippen LogP contribution in [-0.2, 0) is 6.42 Å². The molecule has 0 aromatic carbocycles. The Kier molecular flexibility index (Phi) is 4.16. The van der Waals surface area contributed by atoms with Gasteiger partial charge in [-0.3, -0.25) is 9.78 Å². The Morgan fingerprint density at radius 2 is 2.29 bits per heavy atom. The van der Waals surface area contributed by atoms with Crippen molar-refractivity contribution in [2.45, 2.75) is 6.42 Å². The summed E-state index contributed by atoms with van der Waals surface area (Å²) in [4.78, 5) is 15.8. The van der Waals surface area contributed by atoms with Crippen LogP contribution >= 0.6 is 27.3 Å². The molecule has 0 aliphatic carbocycles. The number of nitrogens with zero attached hydrogens (tertiary/aromatic N) is 3. The molecule has 0 saturated heterocycles. The summed E-state index contributed by atoms with van der Waals surface area (Å²) >= 11 is 4.37. The van der Waals surface area contributed by atoms with E-state index >= 15 is 0 Å². The zero-order valence-electron chi connectivity index (χ0n) is 8.76. The molecular weight excluding hydrogens is 304 g/mol. The van der Waals surface area contributed by atoms with Crippen LogP contribution in [0.1, 0.15) is 15.5 Å². The lowest BCUT2D eigenvalue weighted by molar-refractivity contribution is 0.0953. The van der Waals surface area contributed by atoms with Crippen molar-refractivity contribution in [2.24, 2.45) is 0 Å². The first-order valence-electron chi connectivity index (χ1n) is 4.93. The molecule has 0 bridgehead atoms. The van der Waals surface area contributed by atoms with Gasteiger partial charge in [0, 0.05) is 24.9 Å². The van der Waals surface area contributed by atoms with Gasteiger partial charge >= 0.3 is 0 Å². The summed E-state index contributed by atoms with van der Waals surface area (Å²) in [5.41, 5.74) is 0.950. The quantitative estimate of drug-likeness (QED) is 0.932. The first-order chi connectivity index (χ1) is 8.25. The molecule has 5 nitrogen and oxygen atoms in total. The predicted octanol–water partition coefficient (Wildman–Crippen LogP) is 1.67. The van der Waals surface area contributed by atoms with Crippen molar-refractivity contribution in [3.63, 3.8) is 0 Å². The van der Waals surface area contributed by atoms with Gasteiger partial charge in [-0.15, -0.1) is 10.2 Å². The standard InChI is InChI=1S/C10H9BrN4OS/c11-10-15-14-9(17-10)8(16)13-6-4-7-3-1-2-5-12-7/h1-3,5H,4,6H2,(H,13,16). The molecule has 2 aromatic heterocycles. The third kappa shape index (κ3) is 3.57. The van der Waals surface area contributed by atoms with Crippen molar-refractivity contribution in [3.05, 3.63) is 39.0 Å². The second kappa shape index (κ2) is 5.83. The number of rotatable bonds is 4. The van der Waals surface area contributed by atoms with Crippen molar-refractivity contribution >= 4 is 33.2 Å². The Hall–Kier alpha value is -1.34. The lowest BCUT2D eigenvalue weighted by Gasteiger charge is -2.01. The summed E-state index contributed by atoms with van der Waals surface area (Å²) in [6, 6.07) is 5.71. The summed E-state index contributed by atoms with van der Waals surface area (Å²) < 4.78 is 0.604. The average Bonchev–Trinajstić information content (AvgIpc) is 2.77. The van der Waals surface area contributed by atoms with E-state index < -0.39 is 0 Å². The molecule has 0 aliphatic rings. The van der Waals surface area contributed by atoms with E-state index in [2.05, 4.69) is 36.4 Å². The fourth-order valence-electron chi connectivity index (χ4n) is 1.22. The summed E-state index contributed by atoms with van der Waals surface area (Å²) in [5.74, 6) is -0.205. The third-order valence-corrected chi connectivity index (χ3v) is 3.34. The molecule has 1 amide bonds. The van der Waals surface area contributed by atoms with Gasteiger partial charge in [0.2, 0.25) is 5.01 Å². The van der Waals surface area contributed by atoms with Crippen molar-refractivity contribution in [1.82, 2.24) is 20.5 Å². The van der Waals surface area contributed by atoms with Gasteiger partial charge in [0.25, 0.3) is 5.91 Å². The molecule has 0 atom stereocenters. The normalized spacial score (nSPS) is 10.2. The van der Waals surface area contributed by atoms with Gasteiger partial charge in [0.05, 0.1) is 0 Å². The minimum Gasteiger partial charge on any atom is -0.350 e. The molecule has 0 radical (unpaired) electrons. The van der Waals surface area contributed by atoms with Crippen LogP contribution in [-0.4, -0.2) is 27.6 Å². The Labute approximate surface area is 110 Å². The minimum absolute atomic E-state index is 0.205. The molecule has 7 heteroatoms. The van der Waals surface area contributed by atoms with Gasteiger partial charge in [-0.2, -0.15) is 0 Å². The van der Waals surface area contributed by atoms with E-state index in [4.69, 9.17) is 0 Å². The van der Waals surface area contributed by atoms with Crippen LogP contribution in [0.3, 0.4) is 0 Å². The summed E-state index contributed by atoms with van der Waals surface area (Å²) in [6.45, 7) is 0.535. The van der Waals surface area contributed by atoms with Crippen LogP contribution in [0.5, 0.6) is 0 Å². The van der Waals surface area contributed by atoms with Crippen LogP contribution in [0.4, 0.5) is 0 Å². The van der Waals surface area contributed by atoms with Crippen molar-refractivity contribution in [3.8, 4) is 0 Å². The molecule has 2 aromatic rings. The molecule has 2 rings (SSSR count). The Bertz CT molecular complexity index is 502. The van der Waals surface area contributed by atoms with E-state index in [1.54, 1.807) is 6.20 Å². The molecule has 88 valence electrons. The Balaban J connectivity index is 1.81. The van der Waals surface area contributed by atoms with E-state index in [9.17, 15) is 4.79 Å². The molecule has 0 spiro atoms. The summed E-state index contributed by atoms with van der Waals surface area (Å²) in [6.07, 6.45) is 2.44.